The molecule has 0 spiro atoms. The molecule has 6 rings (SSSR count). The number of rotatable bonds is 15. The number of hydrogen-bond acceptors (Lipinski definition) is 9. The fourth-order valence-corrected chi connectivity index (χ4v) is 9.17. The lowest BCUT2D eigenvalue weighted by Gasteiger charge is -2.40. The van der Waals surface area contributed by atoms with Gasteiger partial charge in [-0.2, -0.15) is 9.61 Å². The van der Waals surface area contributed by atoms with E-state index in [-0.39, 0.29) is 44.2 Å². The van der Waals surface area contributed by atoms with Crippen molar-refractivity contribution in [3.05, 3.63) is 66.1 Å². The van der Waals surface area contributed by atoms with Crippen molar-refractivity contribution in [2.45, 2.75) is 128 Å². The Balaban J connectivity index is 1.42. The second kappa shape index (κ2) is 16.8. The molecule has 0 radical (unpaired) electrons. The highest BCUT2D eigenvalue weighted by Gasteiger charge is 2.46. The van der Waals surface area contributed by atoms with Gasteiger partial charge in [0, 0.05) is 75.8 Å². The maximum atomic E-state index is 13.4. The van der Waals surface area contributed by atoms with E-state index in [2.05, 4.69) is 62.4 Å². The third kappa shape index (κ3) is 10.2. The quantitative estimate of drug-likeness (QED) is 0.0717. The van der Waals surface area contributed by atoms with Gasteiger partial charge >= 0.3 is 6.09 Å². The Hall–Kier alpha value is -3.63. The van der Waals surface area contributed by atoms with Crippen LogP contribution in [0.5, 0.6) is 0 Å². The molecule has 11 nitrogen and oxygen atoms in total. The minimum absolute atomic E-state index is 0.0193. The summed E-state index contributed by atoms with van der Waals surface area (Å²) in [5, 5.41) is 16.2. The van der Waals surface area contributed by atoms with Crippen LogP contribution in [0.2, 0.25) is 51.4 Å². The lowest BCUT2D eigenvalue weighted by Crippen LogP contribution is -2.48. The number of ether oxygens (including phenoxy) is 3. The number of amides is 1. The summed E-state index contributed by atoms with van der Waals surface area (Å²) in [6, 6.07) is 16.4. The molecule has 1 amide bonds. The topological polar surface area (TPSA) is 115 Å². The third-order valence-corrected chi connectivity index (χ3v) is 14.0. The van der Waals surface area contributed by atoms with Crippen LogP contribution in [-0.2, 0) is 20.8 Å². The van der Waals surface area contributed by atoms with Crippen LogP contribution in [0.4, 0.5) is 10.6 Å². The monoisotopic (exact) mass is 786 g/mol. The Labute approximate surface area is 329 Å². The Kier molecular flexibility index (Phi) is 12.6. The highest BCUT2D eigenvalue weighted by atomic mass is 28.3. The molecule has 298 valence electrons. The maximum Gasteiger partial charge on any atom is 0.410 e. The van der Waals surface area contributed by atoms with Crippen molar-refractivity contribution in [1.29, 1.82) is 0 Å². The summed E-state index contributed by atoms with van der Waals surface area (Å²) < 4.78 is 20.5. The van der Waals surface area contributed by atoms with Crippen LogP contribution in [0.25, 0.3) is 28.0 Å². The third-order valence-electron chi connectivity index (χ3n) is 10.6. The van der Waals surface area contributed by atoms with Gasteiger partial charge in [-0.3, -0.25) is 4.98 Å². The molecule has 5 heterocycles. The van der Waals surface area contributed by atoms with Crippen LogP contribution in [0.3, 0.4) is 0 Å². The van der Waals surface area contributed by atoms with E-state index in [1.165, 1.54) is 0 Å². The summed E-state index contributed by atoms with van der Waals surface area (Å²) in [7, 11) is -2.66. The zero-order valence-electron chi connectivity index (χ0n) is 34.5. The van der Waals surface area contributed by atoms with Crippen LogP contribution in [-0.4, -0.2) is 96.2 Å². The van der Waals surface area contributed by atoms with Crippen molar-refractivity contribution >= 4 is 33.7 Å². The van der Waals surface area contributed by atoms with E-state index in [1.54, 1.807) is 0 Å². The summed E-state index contributed by atoms with van der Waals surface area (Å²) in [6.07, 6.45) is 6.81. The average molecular weight is 787 g/mol. The fraction of sp³-hybridized carbons (Fsp3) is 0.571. The molecule has 1 aromatic carbocycles. The second-order valence-corrected chi connectivity index (χ2v) is 30.0. The van der Waals surface area contributed by atoms with E-state index in [0.717, 1.165) is 77.2 Å². The van der Waals surface area contributed by atoms with Gasteiger partial charge in [0.05, 0.1) is 24.2 Å². The molecule has 55 heavy (non-hydrogen) atoms. The summed E-state index contributed by atoms with van der Waals surface area (Å²) >= 11 is 0. The lowest BCUT2D eigenvalue weighted by atomic mass is 9.86. The molecule has 2 saturated heterocycles. The Morgan fingerprint density at radius 2 is 1.49 bits per heavy atom. The molecule has 1 N–H and O–H groups in total. The lowest BCUT2D eigenvalue weighted by molar-refractivity contribution is 0.00561. The van der Waals surface area contributed by atoms with Gasteiger partial charge in [-0.25, -0.2) is 9.78 Å². The number of piperidine rings is 1. The van der Waals surface area contributed by atoms with Gasteiger partial charge in [-0.15, -0.1) is 0 Å². The molecule has 0 saturated carbocycles. The van der Waals surface area contributed by atoms with Gasteiger partial charge in [0.15, 0.2) is 5.65 Å². The molecule has 13 heteroatoms. The van der Waals surface area contributed by atoms with Gasteiger partial charge in [0.2, 0.25) is 0 Å². The van der Waals surface area contributed by atoms with Crippen molar-refractivity contribution in [2.24, 2.45) is 0 Å². The van der Waals surface area contributed by atoms with Crippen LogP contribution in [0.1, 0.15) is 63.6 Å². The number of carbonyl (C=O) groups excluding carboxylic acids is 1. The first kappa shape index (κ1) is 41.0. The number of fused-ring (bicyclic) bond motifs is 3. The smallest absolute Gasteiger partial charge is 0.410 e. The minimum Gasteiger partial charge on any atom is -0.444 e. The first-order valence-corrected chi connectivity index (χ1v) is 27.4. The predicted octanol–water partition coefficient (Wildman–Crippen LogP) is 9.03. The van der Waals surface area contributed by atoms with Crippen molar-refractivity contribution in [3.63, 3.8) is 0 Å². The van der Waals surface area contributed by atoms with Gasteiger partial charge in [0.25, 0.3) is 0 Å². The summed E-state index contributed by atoms with van der Waals surface area (Å²) in [5.74, 6) is 0.747. The van der Waals surface area contributed by atoms with Gasteiger partial charge < -0.3 is 29.1 Å². The predicted molar refractivity (Wildman–Crippen MR) is 225 cm³/mol. The number of nitrogens with zero attached hydrogens (tertiary/aromatic N) is 6. The van der Waals surface area contributed by atoms with Crippen molar-refractivity contribution < 1.29 is 24.1 Å². The number of benzene rings is 1. The number of aliphatic hydroxyl groups is 1. The summed E-state index contributed by atoms with van der Waals surface area (Å²) in [5.41, 5.74) is 5.38. The highest BCUT2D eigenvalue weighted by Crippen LogP contribution is 2.46. The van der Waals surface area contributed by atoms with Crippen LogP contribution < -0.4 is 4.90 Å². The zero-order valence-corrected chi connectivity index (χ0v) is 36.5. The van der Waals surface area contributed by atoms with Gasteiger partial charge in [-0.1, -0.05) is 75.7 Å². The van der Waals surface area contributed by atoms with E-state index >= 15 is 0 Å². The number of aromatic nitrogens is 4. The molecule has 2 fully saturated rings. The first-order chi connectivity index (χ1) is 26.0. The molecule has 2 bridgehead atoms. The molecule has 4 aromatic rings. The molecule has 2 aliphatic heterocycles. The second-order valence-electron chi connectivity index (χ2n) is 18.7. The minimum atomic E-state index is -1.33. The Morgan fingerprint density at radius 1 is 0.873 bits per heavy atom. The highest BCUT2D eigenvalue weighted by molar-refractivity contribution is 6.76. The van der Waals surface area contributed by atoms with Gasteiger partial charge in [-0.05, 0) is 64.6 Å². The first-order valence-electron chi connectivity index (χ1n) is 20.0. The maximum absolute atomic E-state index is 13.4. The van der Waals surface area contributed by atoms with Crippen molar-refractivity contribution in [3.8, 4) is 22.4 Å². The fourth-order valence-electron chi connectivity index (χ4n) is 7.66. The largest absolute Gasteiger partial charge is 0.444 e. The average Bonchev–Trinajstić information content (AvgIpc) is 3.66. The Bertz CT molecular complexity index is 1870. The summed E-state index contributed by atoms with van der Waals surface area (Å²) in [6.45, 7) is 21.5. The number of aliphatic hydroxyl groups excluding tert-OH is 1. The number of pyridine rings is 1. The Morgan fingerprint density at radius 3 is 2.02 bits per heavy atom. The van der Waals surface area contributed by atoms with E-state index in [0.29, 0.717) is 18.9 Å². The van der Waals surface area contributed by atoms with Crippen molar-refractivity contribution in [1.82, 2.24) is 24.5 Å². The SMILES string of the molecule is CC(C)(C)OC(=O)N1[C@@H]2CC[C@H]1CC(c1nc3c(-c4ccc(-c5ccccc5)nc4)cnn3c(N(COCC[Si](C)(C)C)COCC[Si](C)(C)C)c1CO)C2. The van der Waals surface area contributed by atoms with Crippen LogP contribution in [0.15, 0.2) is 54.9 Å². The van der Waals surface area contributed by atoms with E-state index in [4.69, 9.17) is 29.3 Å². The zero-order chi connectivity index (χ0) is 39.5. The molecular formula is C42H62N6O5Si2. The normalized spacial score (nSPS) is 18.9. The molecule has 1 unspecified atom stereocenters. The molecule has 3 atom stereocenters. The van der Waals surface area contributed by atoms with Crippen LogP contribution in [0, 0.1) is 0 Å². The van der Waals surface area contributed by atoms with Crippen molar-refractivity contribution in [2.75, 3.05) is 31.6 Å². The van der Waals surface area contributed by atoms with Gasteiger partial charge in [0.1, 0.15) is 24.9 Å². The summed E-state index contributed by atoms with van der Waals surface area (Å²) in [4.78, 5) is 27.7. The van der Waals surface area contributed by atoms with E-state index < -0.39 is 21.7 Å². The number of anilines is 1. The molecule has 0 aliphatic carbocycles. The van der Waals surface area contributed by atoms with E-state index in [1.807, 2.05) is 66.8 Å². The van der Waals surface area contributed by atoms with Crippen LogP contribution >= 0.6 is 0 Å². The molecule has 3 aromatic heterocycles. The standard InChI is InChI=1S/C42H62N6O5Si2/c1-42(2,3)53-41(50)47-33-16-17-34(47)24-32(23-33)38-36(27-49)40(46(28-51-19-21-54(4,5)6)29-52-20-22-55(7,8)9)48-39(45-38)35(26-44-48)31-15-18-37(43-25-31)30-13-11-10-12-14-30/h10-15,18,25-26,32-34,49H,16-17,19-24,27-29H2,1-9H3/t32?,33-,34+. The molecular weight excluding hydrogens is 725 g/mol. The molecule has 2 aliphatic rings. The van der Waals surface area contributed by atoms with E-state index in [9.17, 15) is 9.90 Å². The number of hydrogen-bond donors (Lipinski definition) is 1. The number of carbonyl (C=O) groups is 1.